The number of H-pyrrole nitrogens is 1. The molecule has 2 aliphatic rings. The highest BCUT2D eigenvalue weighted by Crippen LogP contribution is 2.36. The van der Waals surface area contributed by atoms with Crippen LogP contribution in [0.25, 0.3) is 22.2 Å². The second kappa shape index (κ2) is 13.5. The van der Waals surface area contributed by atoms with E-state index >= 15 is 0 Å². The lowest BCUT2D eigenvalue weighted by atomic mass is 9.98. The number of imidazole rings is 1. The van der Waals surface area contributed by atoms with Gasteiger partial charge in [0.2, 0.25) is 5.91 Å². The molecule has 0 spiro atoms. The molecule has 6 rings (SSSR count). The number of likely N-dealkylation sites (tertiary alicyclic amines) is 1. The van der Waals surface area contributed by atoms with Crippen LogP contribution in [0.1, 0.15) is 49.5 Å². The summed E-state index contributed by atoms with van der Waals surface area (Å²) < 4.78 is 10.9. The summed E-state index contributed by atoms with van der Waals surface area (Å²) in [6.07, 6.45) is 12.4. The molecule has 2 saturated heterocycles. The van der Waals surface area contributed by atoms with Crippen molar-refractivity contribution in [2.75, 3.05) is 39.2 Å². The van der Waals surface area contributed by atoms with Gasteiger partial charge < -0.3 is 30.0 Å². The molecule has 2 fully saturated rings. The largest absolute Gasteiger partial charge is 0.496 e. The molecule has 45 heavy (non-hydrogen) atoms. The zero-order valence-electron chi connectivity index (χ0n) is 25.5. The molecule has 0 bridgehead atoms. The molecule has 4 heterocycles. The molecule has 2 aliphatic heterocycles. The van der Waals surface area contributed by atoms with Crippen LogP contribution in [0.2, 0.25) is 0 Å². The Morgan fingerprint density at radius 1 is 1.18 bits per heavy atom. The Kier molecular flexibility index (Phi) is 9.05. The molecular weight excluding hydrogens is 570 g/mol. The van der Waals surface area contributed by atoms with Crippen LogP contribution in [-0.2, 0) is 14.3 Å². The van der Waals surface area contributed by atoms with Crippen molar-refractivity contribution in [2.45, 2.75) is 44.2 Å². The number of benzene rings is 2. The molecule has 1 amide bonds. The van der Waals surface area contributed by atoms with E-state index in [1.807, 2.05) is 43.4 Å². The summed E-state index contributed by atoms with van der Waals surface area (Å²) in [4.78, 5) is 44.3. The number of hydrogen-bond donors (Lipinski definition) is 3. The summed E-state index contributed by atoms with van der Waals surface area (Å²) in [6, 6.07) is 11.1. The number of ketones is 1. The normalized spacial score (nSPS) is 16.9. The van der Waals surface area contributed by atoms with Crippen LogP contribution in [0.3, 0.4) is 0 Å². The molecule has 11 nitrogen and oxygen atoms in total. The fourth-order valence-electron chi connectivity index (χ4n) is 5.69. The average Bonchev–Trinajstić information content (AvgIpc) is 3.78. The average molecular weight is 608 g/mol. The number of aromatic nitrogens is 4. The first-order chi connectivity index (χ1) is 21.9. The van der Waals surface area contributed by atoms with Crippen LogP contribution in [0, 0.1) is 18.3 Å². The highest BCUT2D eigenvalue weighted by molar-refractivity contribution is 5.95. The van der Waals surface area contributed by atoms with E-state index in [-0.39, 0.29) is 29.8 Å². The number of Topliss-reactive ketones (excluding diaryl/α,β-unsaturated/α-hetero) is 1. The Bertz CT molecular complexity index is 1740. The van der Waals surface area contributed by atoms with Gasteiger partial charge in [-0.2, -0.15) is 0 Å². The van der Waals surface area contributed by atoms with E-state index in [9.17, 15) is 9.59 Å². The number of nitrogens with one attached hydrogen (secondary N) is 3. The van der Waals surface area contributed by atoms with Gasteiger partial charge in [0.15, 0.2) is 5.78 Å². The molecule has 3 N–H and O–H groups in total. The number of aromatic amines is 1. The summed E-state index contributed by atoms with van der Waals surface area (Å²) in [5.41, 5.74) is 3.81. The fraction of sp³-hybridized carbons (Fsp3) is 0.382. The van der Waals surface area contributed by atoms with Crippen LogP contribution in [0.4, 0.5) is 11.5 Å². The Labute approximate surface area is 262 Å². The first-order valence-electron chi connectivity index (χ1n) is 15.3. The maximum Gasteiger partial charge on any atom is 0.226 e. The molecular formula is C34H37N7O4. The van der Waals surface area contributed by atoms with E-state index in [1.54, 1.807) is 13.3 Å². The van der Waals surface area contributed by atoms with E-state index < -0.39 is 0 Å². The lowest BCUT2D eigenvalue weighted by Crippen LogP contribution is -2.52. The lowest BCUT2D eigenvalue weighted by molar-refractivity contribution is -0.130. The molecule has 2 aromatic heterocycles. The van der Waals surface area contributed by atoms with Gasteiger partial charge in [0, 0.05) is 47.8 Å². The molecule has 4 aromatic rings. The number of carbonyl (C=O) groups is 2. The molecule has 11 heteroatoms. The standard InChI is InChI=1S/C34H37N7O4/c1-4-21-9-8-10-23(13-21)38-32-25-14-24(30(44-3)15-27(25)36-20-37-32)28-16-35-33(39-28)26(40-34(43)22-17-41(2)18-22)11-6-5-7-12-29(42)31-19-45-31/h1,8-10,13-16,20,22,26,31H,5-7,11-12,17-19H2,2-3H3,(H,35,39)(H,40,43)(H,36,37,38)/t26-,31?/m0/s1. The second-order valence-electron chi connectivity index (χ2n) is 11.7. The number of unbranched alkanes of at least 4 members (excludes halogenated alkanes) is 2. The molecule has 0 aliphatic carbocycles. The third-order valence-corrected chi connectivity index (χ3v) is 8.32. The number of amides is 1. The molecule has 0 radical (unpaired) electrons. The molecule has 2 aromatic carbocycles. The SMILES string of the molecule is C#Cc1cccc(Nc2ncnc3cc(OC)c(-c4cnc([C@H](CCCCCC(=O)C5CO5)NC(=O)C5CN(C)C5)[nH]4)cc23)c1. The first-order valence-corrected chi connectivity index (χ1v) is 15.3. The third-order valence-electron chi connectivity index (χ3n) is 8.32. The van der Waals surface area contributed by atoms with Crippen LogP contribution >= 0.6 is 0 Å². The highest BCUT2D eigenvalue weighted by atomic mass is 16.6. The summed E-state index contributed by atoms with van der Waals surface area (Å²) in [5.74, 6) is 4.75. The van der Waals surface area contributed by atoms with E-state index in [0.717, 1.165) is 60.2 Å². The zero-order chi connectivity index (χ0) is 31.3. The van der Waals surface area contributed by atoms with E-state index in [4.69, 9.17) is 20.9 Å². The first kappa shape index (κ1) is 30.2. The summed E-state index contributed by atoms with van der Waals surface area (Å²) in [5, 5.41) is 7.39. The monoisotopic (exact) mass is 607 g/mol. The van der Waals surface area contributed by atoms with Crippen molar-refractivity contribution in [1.29, 1.82) is 0 Å². The number of methoxy groups -OCH3 is 1. The second-order valence-corrected chi connectivity index (χ2v) is 11.7. The number of epoxide rings is 1. The molecule has 1 unspecified atom stereocenters. The number of anilines is 2. The van der Waals surface area contributed by atoms with Gasteiger partial charge in [0.1, 0.15) is 29.8 Å². The van der Waals surface area contributed by atoms with Crippen LogP contribution < -0.4 is 15.4 Å². The van der Waals surface area contributed by atoms with E-state index in [2.05, 4.69) is 36.4 Å². The topological polar surface area (TPSA) is 138 Å². The predicted molar refractivity (Wildman–Crippen MR) is 171 cm³/mol. The number of rotatable bonds is 14. The van der Waals surface area contributed by atoms with Gasteiger partial charge in [-0.25, -0.2) is 15.0 Å². The summed E-state index contributed by atoms with van der Waals surface area (Å²) in [6.45, 7) is 2.04. The Hall–Kier alpha value is -4.79. The maximum absolute atomic E-state index is 13.1. The highest BCUT2D eigenvalue weighted by Gasteiger charge is 2.32. The van der Waals surface area contributed by atoms with Crippen LogP contribution in [-0.4, -0.2) is 76.5 Å². The molecule has 2 atom stereocenters. The third kappa shape index (κ3) is 7.14. The van der Waals surface area contributed by atoms with Crippen molar-refractivity contribution in [3.05, 3.63) is 60.3 Å². The molecule has 232 valence electrons. The number of fused-ring (bicyclic) bond motifs is 1. The van der Waals surface area contributed by atoms with Crippen molar-refractivity contribution in [1.82, 2.24) is 30.2 Å². The van der Waals surface area contributed by atoms with Gasteiger partial charge in [-0.3, -0.25) is 9.59 Å². The number of carbonyl (C=O) groups excluding carboxylic acids is 2. The van der Waals surface area contributed by atoms with Gasteiger partial charge in [-0.15, -0.1) is 6.42 Å². The predicted octanol–water partition coefficient (Wildman–Crippen LogP) is 4.39. The Morgan fingerprint density at radius 2 is 2.02 bits per heavy atom. The van der Waals surface area contributed by atoms with E-state index in [1.165, 1.54) is 6.33 Å². The van der Waals surface area contributed by atoms with Gasteiger partial charge in [-0.05, 0) is 44.2 Å². The minimum absolute atomic E-state index is 0.0298. The van der Waals surface area contributed by atoms with Crippen molar-refractivity contribution >= 4 is 34.1 Å². The minimum Gasteiger partial charge on any atom is -0.496 e. The number of nitrogens with zero attached hydrogens (tertiary/aromatic N) is 4. The minimum atomic E-state index is -0.296. The van der Waals surface area contributed by atoms with Crippen molar-refractivity contribution in [3.8, 4) is 29.4 Å². The lowest BCUT2D eigenvalue weighted by Gasteiger charge is -2.35. The number of terminal acetylenes is 1. The van der Waals surface area contributed by atoms with Crippen molar-refractivity contribution < 1.29 is 19.1 Å². The maximum atomic E-state index is 13.1. The number of hydrogen-bond acceptors (Lipinski definition) is 9. The van der Waals surface area contributed by atoms with Gasteiger partial charge in [-0.1, -0.05) is 24.8 Å². The van der Waals surface area contributed by atoms with E-state index in [0.29, 0.717) is 42.4 Å². The van der Waals surface area contributed by atoms with Crippen molar-refractivity contribution in [2.24, 2.45) is 5.92 Å². The smallest absolute Gasteiger partial charge is 0.226 e. The van der Waals surface area contributed by atoms with Crippen LogP contribution in [0.15, 0.2) is 48.9 Å². The van der Waals surface area contributed by atoms with Gasteiger partial charge >= 0.3 is 0 Å². The Balaban J connectivity index is 1.23. The van der Waals surface area contributed by atoms with Crippen molar-refractivity contribution in [3.63, 3.8) is 0 Å². The fourth-order valence-corrected chi connectivity index (χ4v) is 5.69. The number of ether oxygens (including phenoxy) is 2. The van der Waals surface area contributed by atoms with Gasteiger partial charge in [0.25, 0.3) is 0 Å². The summed E-state index contributed by atoms with van der Waals surface area (Å²) >= 11 is 0. The quantitative estimate of drug-likeness (QED) is 0.108. The molecule has 0 saturated carbocycles. The summed E-state index contributed by atoms with van der Waals surface area (Å²) in [7, 11) is 3.62. The van der Waals surface area contributed by atoms with Crippen LogP contribution in [0.5, 0.6) is 5.75 Å². The van der Waals surface area contributed by atoms with Gasteiger partial charge in [0.05, 0.1) is 43.1 Å². The Morgan fingerprint density at radius 3 is 2.78 bits per heavy atom. The zero-order valence-corrected chi connectivity index (χ0v) is 25.5.